The minimum atomic E-state index is -0.411. The second-order valence-electron chi connectivity index (χ2n) is 6.11. The van der Waals surface area contributed by atoms with Crippen LogP contribution in [0.1, 0.15) is 31.7 Å². The van der Waals surface area contributed by atoms with Crippen LogP contribution in [0.2, 0.25) is 0 Å². The van der Waals surface area contributed by atoms with E-state index in [9.17, 15) is 9.59 Å². The zero-order valence-corrected chi connectivity index (χ0v) is 14.2. The Morgan fingerprint density at radius 1 is 1.29 bits per heavy atom. The van der Waals surface area contributed by atoms with Crippen LogP contribution in [0.25, 0.3) is 0 Å². The van der Waals surface area contributed by atoms with Gasteiger partial charge in [-0.3, -0.25) is 9.59 Å². The monoisotopic (exact) mass is 330 g/mol. The van der Waals surface area contributed by atoms with E-state index in [1.807, 2.05) is 37.3 Å². The smallest absolute Gasteiger partial charge is 0.223 e. The number of primary amides is 1. The number of hydrogen-bond acceptors (Lipinski definition) is 3. The Kier molecular flexibility index (Phi) is 6.85. The highest BCUT2D eigenvalue weighted by Gasteiger charge is 2.22. The van der Waals surface area contributed by atoms with Crippen molar-refractivity contribution in [2.75, 3.05) is 13.2 Å². The van der Waals surface area contributed by atoms with Crippen molar-refractivity contribution in [1.29, 1.82) is 0 Å². The first-order valence-corrected chi connectivity index (χ1v) is 8.54. The zero-order chi connectivity index (χ0) is 17.4. The lowest BCUT2D eigenvalue weighted by molar-refractivity contribution is -0.126. The van der Waals surface area contributed by atoms with Crippen molar-refractivity contribution in [3.8, 4) is 5.75 Å². The maximum atomic E-state index is 12.2. The summed E-state index contributed by atoms with van der Waals surface area (Å²) < 4.78 is 5.41. The molecule has 1 aromatic rings. The highest BCUT2D eigenvalue weighted by molar-refractivity contribution is 5.81. The van der Waals surface area contributed by atoms with Crippen LogP contribution < -0.4 is 15.8 Å². The normalized spacial score (nSPS) is 18.0. The molecule has 1 aliphatic carbocycles. The van der Waals surface area contributed by atoms with Crippen LogP contribution in [0.5, 0.6) is 5.75 Å². The van der Waals surface area contributed by atoms with Crippen LogP contribution in [0.3, 0.4) is 0 Å². The minimum Gasteiger partial charge on any atom is -0.494 e. The Bertz CT molecular complexity index is 581. The molecule has 0 saturated heterocycles. The summed E-state index contributed by atoms with van der Waals surface area (Å²) in [6, 6.07) is 7.61. The second kappa shape index (κ2) is 9.11. The summed E-state index contributed by atoms with van der Waals surface area (Å²) in [6.45, 7) is 2.83. The highest BCUT2D eigenvalue weighted by Crippen LogP contribution is 2.19. The summed E-state index contributed by atoms with van der Waals surface area (Å²) >= 11 is 0. The van der Waals surface area contributed by atoms with Gasteiger partial charge in [-0.25, -0.2) is 0 Å². The topological polar surface area (TPSA) is 81.4 Å². The molecule has 0 fully saturated rings. The second-order valence-corrected chi connectivity index (χ2v) is 6.11. The first-order chi connectivity index (χ1) is 11.6. The molecule has 0 saturated carbocycles. The molecule has 24 heavy (non-hydrogen) atoms. The van der Waals surface area contributed by atoms with E-state index in [0.29, 0.717) is 13.0 Å². The fraction of sp³-hybridized carbons (Fsp3) is 0.474. The predicted octanol–water partition coefficient (Wildman–Crippen LogP) is 2.20. The van der Waals surface area contributed by atoms with Gasteiger partial charge < -0.3 is 15.8 Å². The van der Waals surface area contributed by atoms with Crippen molar-refractivity contribution in [1.82, 2.24) is 5.32 Å². The maximum absolute atomic E-state index is 12.2. The third kappa shape index (κ3) is 5.41. The predicted molar refractivity (Wildman–Crippen MR) is 93.5 cm³/mol. The molecule has 0 aliphatic heterocycles. The van der Waals surface area contributed by atoms with Crippen molar-refractivity contribution in [3.63, 3.8) is 0 Å². The standard InChI is InChI=1S/C19H26N2O3/c1-2-24-17-10-8-14(9-11-17)12-16(18(20)22)13-21-19(23)15-6-4-3-5-7-15/h3-4,8-11,15-16H,2,5-7,12-13H2,1H3,(H2,20,22)(H,21,23)/t15-,16+/m1/s1. The van der Waals surface area contributed by atoms with Crippen molar-refractivity contribution in [2.24, 2.45) is 17.6 Å². The Labute approximate surface area is 143 Å². The molecule has 2 amide bonds. The number of nitrogens with two attached hydrogens (primary N) is 1. The fourth-order valence-corrected chi connectivity index (χ4v) is 2.85. The van der Waals surface area contributed by atoms with Gasteiger partial charge >= 0.3 is 0 Å². The molecule has 130 valence electrons. The molecule has 5 heteroatoms. The summed E-state index contributed by atoms with van der Waals surface area (Å²) in [4.78, 5) is 23.9. The summed E-state index contributed by atoms with van der Waals surface area (Å²) in [5.41, 5.74) is 6.50. The first-order valence-electron chi connectivity index (χ1n) is 8.54. The number of carbonyl (C=O) groups excluding carboxylic acids is 2. The average Bonchev–Trinajstić information content (AvgIpc) is 2.60. The van der Waals surface area contributed by atoms with E-state index < -0.39 is 11.8 Å². The van der Waals surface area contributed by atoms with Gasteiger partial charge in [0.2, 0.25) is 11.8 Å². The molecule has 1 aliphatic rings. The molecule has 0 bridgehead atoms. The summed E-state index contributed by atoms with van der Waals surface area (Å²) in [6.07, 6.45) is 7.21. The first kappa shape index (κ1) is 18.0. The number of ether oxygens (including phenoxy) is 1. The summed E-state index contributed by atoms with van der Waals surface area (Å²) in [5, 5.41) is 2.89. The molecule has 5 nitrogen and oxygen atoms in total. The molecule has 0 aromatic heterocycles. The lowest BCUT2D eigenvalue weighted by Crippen LogP contribution is -2.39. The summed E-state index contributed by atoms with van der Waals surface area (Å²) in [5.74, 6) is 0.0144. The molecule has 0 spiro atoms. The van der Waals surface area contributed by atoms with Crippen LogP contribution in [-0.2, 0) is 16.0 Å². The van der Waals surface area contributed by atoms with Gasteiger partial charge in [0, 0.05) is 12.5 Å². The number of hydrogen-bond donors (Lipinski definition) is 2. The van der Waals surface area contributed by atoms with Gasteiger partial charge in [-0.05, 0) is 50.3 Å². The van der Waals surface area contributed by atoms with E-state index in [0.717, 1.165) is 30.6 Å². The van der Waals surface area contributed by atoms with Crippen molar-refractivity contribution < 1.29 is 14.3 Å². The molecule has 0 heterocycles. The van der Waals surface area contributed by atoms with Crippen LogP contribution in [0.4, 0.5) is 0 Å². The SMILES string of the molecule is CCOc1ccc(C[C@@H](CNC(=O)[C@@H]2CC=CCC2)C(N)=O)cc1. The van der Waals surface area contributed by atoms with E-state index in [2.05, 4.69) is 11.4 Å². The number of benzene rings is 1. The zero-order valence-electron chi connectivity index (χ0n) is 14.2. The van der Waals surface area contributed by atoms with Crippen LogP contribution in [0.15, 0.2) is 36.4 Å². The van der Waals surface area contributed by atoms with E-state index in [1.165, 1.54) is 0 Å². The number of carbonyl (C=O) groups is 2. The molecular weight excluding hydrogens is 304 g/mol. The third-order valence-corrected chi connectivity index (χ3v) is 4.28. The number of rotatable bonds is 8. The largest absolute Gasteiger partial charge is 0.494 e. The van der Waals surface area contributed by atoms with Gasteiger partial charge in [0.25, 0.3) is 0 Å². The minimum absolute atomic E-state index is 0.00834. The van der Waals surface area contributed by atoms with Crippen molar-refractivity contribution in [2.45, 2.75) is 32.6 Å². The Hall–Kier alpha value is -2.30. The highest BCUT2D eigenvalue weighted by atomic mass is 16.5. The molecular formula is C19H26N2O3. The Balaban J connectivity index is 1.88. The van der Waals surface area contributed by atoms with Crippen LogP contribution in [0, 0.1) is 11.8 Å². The number of amides is 2. The quantitative estimate of drug-likeness (QED) is 0.717. The lowest BCUT2D eigenvalue weighted by atomic mass is 9.93. The molecule has 0 radical (unpaired) electrons. The van der Waals surface area contributed by atoms with Gasteiger partial charge in [0.15, 0.2) is 0 Å². The van der Waals surface area contributed by atoms with E-state index in [-0.39, 0.29) is 18.4 Å². The van der Waals surface area contributed by atoms with E-state index >= 15 is 0 Å². The fourth-order valence-electron chi connectivity index (χ4n) is 2.85. The van der Waals surface area contributed by atoms with E-state index in [1.54, 1.807) is 0 Å². The number of allylic oxidation sites excluding steroid dienone is 2. The molecule has 0 unspecified atom stereocenters. The summed E-state index contributed by atoms with van der Waals surface area (Å²) in [7, 11) is 0. The van der Waals surface area contributed by atoms with Gasteiger partial charge in [-0.1, -0.05) is 24.3 Å². The molecule has 2 atom stereocenters. The Morgan fingerprint density at radius 2 is 2.04 bits per heavy atom. The van der Waals surface area contributed by atoms with E-state index in [4.69, 9.17) is 10.5 Å². The third-order valence-electron chi connectivity index (χ3n) is 4.28. The molecule has 2 rings (SSSR count). The van der Waals surface area contributed by atoms with Gasteiger partial charge in [-0.15, -0.1) is 0 Å². The average molecular weight is 330 g/mol. The lowest BCUT2D eigenvalue weighted by Gasteiger charge is -2.20. The van der Waals surface area contributed by atoms with Crippen molar-refractivity contribution >= 4 is 11.8 Å². The molecule has 1 aromatic carbocycles. The van der Waals surface area contributed by atoms with Crippen LogP contribution in [-0.4, -0.2) is 25.0 Å². The van der Waals surface area contributed by atoms with Crippen LogP contribution >= 0.6 is 0 Å². The number of nitrogens with one attached hydrogen (secondary N) is 1. The van der Waals surface area contributed by atoms with Gasteiger partial charge in [0.05, 0.1) is 12.5 Å². The van der Waals surface area contributed by atoms with Gasteiger partial charge in [-0.2, -0.15) is 0 Å². The molecule has 3 N–H and O–H groups in total. The Morgan fingerprint density at radius 3 is 2.62 bits per heavy atom. The van der Waals surface area contributed by atoms with Crippen molar-refractivity contribution in [3.05, 3.63) is 42.0 Å². The maximum Gasteiger partial charge on any atom is 0.223 e. The van der Waals surface area contributed by atoms with Gasteiger partial charge in [0.1, 0.15) is 5.75 Å².